The van der Waals surface area contributed by atoms with Gasteiger partial charge >= 0.3 is 5.97 Å². The van der Waals surface area contributed by atoms with Crippen LogP contribution < -0.4 is 0 Å². The fourth-order valence-corrected chi connectivity index (χ4v) is 6.93. The van der Waals surface area contributed by atoms with E-state index in [4.69, 9.17) is 9.47 Å². The third-order valence-electron chi connectivity index (χ3n) is 8.30. The predicted molar refractivity (Wildman–Crippen MR) is 95.2 cm³/mol. The summed E-state index contributed by atoms with van der Waals surface area (Å²) in [5.41, 5.74) is -1.65. The number of ether oxygens (including phenoxy) is 2. The molecular weight excluding hydrogens is 348 g/mol. The summed E-state index contributed by atoms with van der Waals surface area (Å²) in [4.78, 5) is 39.1. The molecule has 0 radical (unpaired) electrons. The number of allylic oxidation sites excluding steroid dienone is 2. The summed E-state index contributed by atoms with van der Waals surface area (Å²) in [5, 5.41) is 10.7. The minimum absolute atomic E-state index is 0.00410. The number of fused-ring (bicyclic) bond motifs is 2. The normalized spacial score (nSPS) is 51.7. The minimum Gasteiger partial charge on any atom is -0.493 e. The third-order valence-corrected chi connectivity index (χ3v) is 8.30. The van der Waals surface area contributed by atoms with Gasteiger partial charge in [0.05, 0.1) is 7.11 Å². The van der Waals surface area contributed by atoms with Gasteiger partial charge in [0.15, 0.2) is 11.5 Å². The predicted octanol–water partition coefficient (Wildman–Crippen LogP) is 1.90. The minimum atomic E-state index is -1.17. The molecule has 6 heteroatoms. The first kappa shape index (κ1) is 18.7. The van der Waals surface area contributed by atoms with Crippen molar-refractivity contribution in [1.29, 1.82) is 0 Å². The van der Waals surface area contributed by atoms with Crippen molar-refractivity contribution < 1.29 is 29.0 Å². The number of rotatable bonds is 1. The number of hydrogen-bond acceptors (Lipinski definition) is 6. The summed E-state index contributed by atoms with van der Waals surface area (Å²) >= 11 is 0. The van der Waals surface area contributed by atoms with Crippen LogP contribution in [0.4, 0.5) is 0 Å². The second-order valence-corrected chi connectivity index (χ2v) is 9.34. The molecule has 1 heterocycles. The van der Waals surface area contributed by atoms with E-state index in [-0.39, 0.29) is 53.4 Å². The zero-order chi connectivity index (χ0) is 19.9. The van der Waals surface area contributed by atoms with Gasteiger partial charge < -0.3 is 14.6 Å². The molecule has 0 aromatic rings. The number of aliphatic hydroxyl groups excluding tert-OH is 1. The molecule has 0 amide bonds. The van der Waals surface area contributed by atoms with E-state index in [0.717, 1.165) is 0 Å². The Balaban J connectivity index is 1.94. The van der Waals surface area contributed by atoms with Crippen LogP contribution in [0.1, 0.15) is 40.5 Å². The largest absolute Gasteiger partial charge is 0.493 e. The van der Waals surface area contributed by atoms with Gasteiger partial charge in [0.1, 0.15) is 12.2 Å². The summed E-state index contributed by atoms with van der Waals surface area (Å²) in [6, 6.07) is 0. The summed E-state index contributed by atoms with van der Waals surface area (Å²) in [7, 11) is 1.47. The molecule has 27 heavy (non-hydrogen) atoms. The first-order valence-corrected chi connectivity index (χ1v) is 9.80. The zero-order valence-electron chi connectivity index (χ0n) is 16.5. The molecule has 1 saturated heterocycles. The number of methoxy groups -OCH3 is 1. The SMILES string of the molecule is COC1=CC(C)C2CC3OC(=O)CC4C(C)C(O)C(=O)C(C2(C)C1=O)C34C. The van der Waals surface area contributed by atoms with E-state index in [1.807, 2.05) is 33.8 Å². The van der Waals surface area contributed by atoms with Crippen LogP contribution >= 0.6 is 0 Å². The Morgan fingerprint density at radius 3 is 2.48 bits per heavy atom. The number of ketones is 2. The highest BCUT2D eigenvalue weighted by atomic mass is 16.5. The number of Topliss-reactive ketones (excluding diaryl/α,β-unsaturated/α-hetero) is 2. The topological polar surface area (TPSA) is 89.9 Å². The number of esters is 1. The molecular formula is C21H28O6. The molecule has 4 aliphatic rings. The van der Waals surface area contributed by atoms with Crippen molar-refractivity contribution in [2.75, 3.05) is 7.11 Å². The molecule has 1 aliphatic heterocycles. The van der Waals surface area contributed by atoms with E-state index in [1.165, 1.54) is 7.11 Å². The summed E-state index contributed by atoms with van der Waals surface area (Å²) in [5.74, 6) is -1.86. The van der Waals surface area contributed by atoms with Gasteiger partial charge in [-0.05, 0) is 36.2 Å². The van der Waals surface area contributed by atoms with Crippen molar-refractivity contribution in [1.82, 2.24) is 0 Å². The van der Waals surface area contributed by atoms with Gasteiger partial charge in [-0.2, -0.15) is 0 Å². The fourth-order valence-electron chi connectivity index (χ4n) is 6.93. The van der Waals surface area contributed by atoms with Crippen molar-refractivity contribution >= 4 is 17.5 Å². The molecule has 148 valence electrons. The van der Waals surface area contributed by atoms with Crippen LogP contribution in [0.3, 0.4) is 0 Å². The van der Waals surface area contributed by atoms with Crippen molar-refractivity contribution in [3.05, 3.63) is 11.8 Å². The molecule has 0 spiro atoms. The molecule has 0 aromatic heterocycles. The van der Waals surface area contributed by atoms with Gasteiger partial charge in [-0.25, -0.2) is 0 Å². The molecule has 3 aliphatic carbocycles. The van der Waals surface area contributed by atoms with E-state index in [9.17, 15) is 19.5 Å². The Morgan fingerprint density at radius 2 is 1.85 bits per heavy atom. The van der Waals surface area contributed by atoms with Gasteiger partial charge in [-0.15, -0.1) is 0 Å². The maximum Gasteiger partial charge on any atom is 0.306 e. The van der Waals surface area contributed by atoms with Crippen molar-refractivity contribution in [2.45, 2.75) is 52.7 Å². The second-order valence-electron chi connectivity index (χ2n) is 9.34. The molecule has 9 atom stereocenters. The number of carbonyl (C=O) groups is 3. The number of carbonyl (C=O) groups excluding carboxylic acids is 3. The zero-order valence-corrected chi connectivity index (χ0v) is 16.5. The maximum atomic E-state index is 13.4. The number of hydrogen-bond donors (Lipinski definition) is 1. The lowest BCUT2D eigenvalue weighted by atomic mass is 9.38. The lowest BCUT2D eigenvalue weighted by Crippen LogP contribution is -2.72. The summed E-state index contributed by atoms with van der Waals surface area (Å²) < 4.78 is 11.1. The van der Waals surface area contributed by atoms with Crippen LogP contribution in [0.5, 0.6) is 0 Å². The second kappa shape index (κ2) is 5.66. The highest BCUT2D eigenvalue weighted by Gasteiger charge is 2.73. The first-order chi connectivity index (χ1) is 12.6. The lowest BCUT2D eigenvalue weighted by molar-refractivity contribution is -0.239. The Bertz CT molecular complexity index is 756. The highest BCUT2D eigenvalue weighted by Crippen LogP contribution is 2.67. The van der Waals surface area contributed by atoms with Crippen LogP contribution in [-0.4, -0.2) is 42.0 Å². The van der Waals surface area contributed by atoms with E-state index < -0.39 is 29.0 Å². The molecule has 0 bridgehead atoms. The van der Waals surface area contributed by atoms with E-state index in [0.29, 0.717) is 6.42 Å². The average Bonchev–Trinajstić information content (AvgIpc) is 2.61. The van der Waals surface area contributed by atoms with Gasteiger partial charge in [-0.3, -0.25) is 14.4 Å². The molecule has 0 aromatic carbocycles. The van der Waals surface area contributed by atoms with Crippen molar-refractivity contribution in [2.24, 2.45) is 40.4 Å². The molecule has 2 saturated carbocycles. The Kier molecular flexibility index (Phi) is 3.91. The first-order valence-electron chi connectivity index (χ1n) is 9.80. The Morgan fingerprint density at radius 1 is 1.19 bits per heavy atom. The van der Waals surface area contributed by atoms with Crippen LogP contribution in [0.2, 0.25) is 0 Å². The van der Waals surface area contributed by atoms with Crippen LogP contribution in [0.15, 0.2) is 11.8 Å². The number of aliphatic hydroxyl groups is 1. The van der Waals surface area contributed by atoms with Gasteiger partial charge in [0.2, 0.25) is 5.78 Å². The standard InChI is InChI=1S/C21H28O6/c1-9-6-13(26-5)19(25)21(4)11(9)7-14-20(3)12(8-15(22)27-14)10(2)16(23)17(24)18(20)21/h6,9-12,14,16,18,23H,7-8H2,1-5H3. The molecule has 3 fully saturated rings. The van der Waals surface area contributed by atoms with Gasteiger partial charge in [0.25, 0.3) is 0 Å². The summed E-state index contributed by atoms with van der Waals surface area (Å²) in [6.07, 6.45) is 0.939. The van der Waals surface area contributed by atoms with Crippen LogP contribution in [-0.2, 0) is 23.9 Å². The average molecular weight is 376 g/mol. The van der Waals surface area contributed by atoms with Crippen LogP contribution in [0.25, 0.3) is 0 Å². The molecule has 4 rings (SSSR count). The van der Waals surface area contributed by atoms with E-state index >= 15 is 0 Å². The van der Waals surface area contributed by atoms with E-state index in [2.05, 4.69) is 0 Å². The van der Waals surface area contributed by atoms with Crippen molar-refractivity contribution in [3.63, 3.8) is 0 Å². The lowest BCUT2D eigenvalue weighted by Gasteiger charge is -2.65. The van der Waals surface area contributed by atoms with E-state index in [1.54, 1.807) is 0 Å². The smallest absolute Gasteiger partial charge is 0.306 e. The Hall–Kier alpha value is -1.69. The molecule has 6 nitrogen and oxygen atoms in total. The quantitative estimate of drug-likeness (QED) is 0.703. The molecule has 9 unspecified atom stereocenters. The van der Waals surface area contributed by atoms with Gasteiger partial charge in [0, 0.05) is 23.2 Å². The van der Waals surface area contributed by atoms with Crippen LogP contribution in [0, 0.1) is 40.4 Å². The Labute approximate surface area is 159 Å². The molecule has 1 N–H and O–H groups in total. The van der Waals surface area contributed by atoms with Gasteiger partial charge in [-0.1, -0.05) is 27.7 Å². The highest BCUT2D eigenvalue weighted by molar-refractivity contribution is 6.04. The summed E-state index contributed by atoms with van der Waals surface area (Å²) in [6.45, 7) is 7.66. The fraction of sp³-hybridized carbons (Fsp3) is 0.762. The van der Waals surface area contributed by atoms with Crippen molar-refractivity contribution in [3.8, 4) is 0 Å². The maximum absolute atomic E-state index is 13.4. The monoisotopic (exact) mass is 376 g/mol. The third kappa shape index (κ3) is 2.08.